The zero-order valence-electron chi connectivity index (χ0n) is 12.4. The number of aromatic nitrogens is 2. The number of nitrogen functional groups attached to an aromatic ring is 1. The molecule has 0 saturated heterocycles. The summed E-state index contributed by atoms with van der Waals surface area (Å²) in [6.45, 7) is 8.23. The minimum Gasteiger partial charge on any atom is -0.398 e. The molecule has 0 aliphatic carbocycles. The topological polar surface area (TPSA) is 47.1 Å². The van der Waals surface area contributed by atoms with E-state index in [1.807, 2.05) is 31.5 Å². The lowest BCUT2D eigenvalue weighted by Crippen LogP contribution is -2.28. The maximum Gasteiger partial charge on any atom is 0.105 e. The molecule has 0 aliphatic heterocycles. The summed E-state index contributed by atoms with van der Waals surface area (Å²) in [5.41, 5.74) is 8.13. The van der Waals surface area contributed by atoms with Gasteiger partial charge in [-0.25, -0.2) is 4.98 Å². The van der Waals surface area contributed by atoms with Crippen LogP contribution in [0.3, 0.4) is 0 Å². The Labute approximate surface area is 121 Å². The van der Waals surface area contributed by atoms with Crippen LogP contribution in [0.1, 0.15) is 24.7 Å². The molecule has 1 heterocycles. The van der Waals surface area contributed by atoms with Crippen LogP contribution in [-0.2, 0) is 13.1 Å². The Hall–Kier alpha value is -1.81. The van der Waals surface area contributed by atoms with E-state index in [-0.39, 0.29) is 0 Å². The van der Waals surface area contributed by atoms with Crippen molar-refractivity contribution in [3.8, 4) is 0 Å². The number of aryl methyl sites for hydroxylation is 1. The summed E-state index contributed by atoms with van der Waals surface area (Å²) in [6.07, 6.45) is 5.04. The molecule has 4 heteroatoms. The third-order valence-electron chi connectivity index (χ3n) is 3.57. The highest BCUT2D eigenvalue weighted by atomic mass is 15.2. The van der Waals surface area contributed by atoms with Crippen molar-refractivity contribution in [2.45, 2.75) is 33.4 Å². The second-order valence-corrected chi connectivity index (χ2v) is 5.14. The highest BCUT2D eigenvalue weighted by molar-refractivity contribution is 5.46. The number of imidazole rings is 1. The number of benzene rings is 1. The third kappa shape index (κ3) is 3.84. The Kier molecular flexibility index (Phi) is 5.18. The van der Waals surface area contributed by atoms with Crippen molar-refractivity contribution >= 4 is 5.69 Å². The Bertz CT molecular complexity index is 533. The van der Waals surface area contributed by atoms with Crippen LogP contribution in [0.15, 0.2) is 36.7 Å². The van der Waals surface area contributed by atoms with Gasteiger partial charge in [0.25, 0.3) is 0 Å². The van der Waals surface area contributed by atoms with Crippen LogP contribution in [-0.4, -0.2) is 27.5 Å². The zero-order chi connectivity index (χ0) is 14.4. The molecule has 0 amide bonds. The Morgan fingerprint density at radius 2 is 2.05 bits per heavy atom. The summed E-state index contributed by atoms with van der Waals surface area (Å²) >= 11 is 0. The van der Waals surface area contributed by atoms with E-state index in [2.05, 4.69) is 33.5 Å². The molecule has 0 radical (unpaired) electrons. The smallest absolute Gasteiger partial charge is 0.105 e. The quantitative estimate of drug-likeness (QED) is 0.788. The van der Waals surface area contributed by atoms with Crippen molar-refractivity contribution in [3.05, 3.63) is 48.0 Å². The average molecular weight is 272 g/mol. The molecule has 0 fully saturated rings. The van der Waals surface area contributed by atoms with Crippen molar-refractivity contribution in [2.75, 3.05) is 18.8 Å². The Balaban J connectivity index is 1.97. The summed E-state index contributed by atoms with van der Waals surface area (Å²) in [5, 5.41) is 0. The number of hydrogen-bond acceptors (Lipinski definition) is 3. The molecule has 1 aromatic carbocycles. The third-order valence-corrected chi connectivity index (χ3v) is 3.57. The van der Waals surface area contributed by atoms with Gasteiger partial charge in [-0.2, -0.15) is 0 Å². The Morgan fingerprint density at radius 1 is 1.25 bits per heavy atom. The molecule has 1 aromatic heterocycles. The van der Waals surface area contributed by atoms with Gasteiger partial charge in [0.1, 0.15) is 5.82 Å². The van der Waals surface area contributed by atoms with Gasteiger partial charge in [0.05, 0.1) is 0 Å². The van der Waals surface area contributed by atoms with E-state index in [0.717, 1.165) is 44.1 Å². The number of rotatable bonds is 7. The van der Waals surface area contributed by atoms with Gasteiger partial charge in [-0.05, 0) is 31.5 Å². The standard InChI is InChI=1S/C16H24N4/c1-3-9-19(11-12-20-10-8-18-14(20)2)13-15-6-4-5-7-16(15)17/h4-8,10H,3,9,11-13,17H2,1-2H3. The molecule has 108 valence electrons. The highest BCUT2D eigenvalue weighted by Crippen LogP contribution is 2.13. The molecule has 20 heavy (non-hydrogen) atoms. The number of para-hydroxylation sites is 1. The van der Waals surface area contributed by atoms with Crippen LogP contribution in [0.4, 0.5) is 5.69 Å². The normalized spacial score (nSPS) is 11.2. The molecule has 0 spiro atoms. The van der Waals surface area contributed by atoms with Gasteiger partial charge in [-0.15, -0.1) is 0 Å². The summed E-state index contributed by atoms with van der Waals surface area (Å²) in [4.78, 5) is 6.71. The minimum absolute atomic E-state index is 0.882. The minimum atomic E-state index is 0.882. The fourth-order valence-corrected chi connectivity index (χ4v) is 2.39. The average Bonchev–Trinajstić information content (AvgIpc) is 2.84. The molecule has 2 N–H and O–H groups in total. The first-order valence-corrected chi connectivity index (χ1v) is 7.24. The van der Waals surface area contributed by atoms with Gasteiger partial charge in [0.2, 0.25) is 0 Å². The van der Waals surface area contributed by atoms with Crippen molar-refractivity contribution < 1.29 is 0 Å². The van der Waals surface area contributed by atoms with E-state index in [4.69, 9.17) is 5.73 Å². The molecule has 2 rings (SSSR count). The van der Waals surface area contributed by atoms with Crippen LogP contribution < -0.4 is 5.73 Å². The monoisotopic (exact) mass is 272 g/mol. The van der Waals surface area contributed by atoms with Gasteiger partial charge in [-0.3, -0.25) is 4.90 Å². The second-order valence-electron chi connectivity index (χ2n) is 5.14. The van der Waals surface area contributed by atoms with E-state index < -0.39 is 0 Å². The first-order valence-electron chi connectivity index (χ1n) is 7.24. The Morgan fingerprint density at radius 3 is 2.70 bits per heavy atom. The highest BCUT2D eigenvalue weighted by Gasteiger charge is 2.08. The van der Waals surface area contributed by atoms with Crippen LogP contribution in [0.2, 0.25) is 0 Å². The number of nitrogens with two attached hydrogens (primary N) is 1. The zero-order valence-corrected chi connectivity index (χ0v) is 12.4. The van der Waals surface area contributed by atoms with E-state index >= 15 is 0 Å². The molecule has 0 unspecified atom stereocenters. The van der Waals surface area contributed by atoms with E-state index in [9.17, 15) is 0 Å². The lowest BCUT2D eigenvalue weighted by molar-refractivity contribution is 0.254. The molecule has 0 aliphatic rings. The number of anilines is 1. The van der Waals surface area contributed by atoms with Crippen molar-refractivity contribution in [1.82, 2.24) is 14.5 Å². The number of nitrogens with zero attached hydrogens (tertiary/aromatic N) is 3. The van der Waals surface area contributed by atoms with Crippen LogP contribution >= 0.6 is 0 Å². The fraction of sp³-hybridized carbons (Fsp3) is 0.438. The van der Waals surface area contributed by atoms with Gasteiger partial charge < -0.3 is 10.3 Å². The first-order chi connectivity index (χ1) is 9.70. The van der Waals surface area contributed by atoms with Gasteiger partial charge in [-0.1, -0.05) is 25.1 Å². The maximum absolute atomic E-state index is 6.04. The van der Waals surface area contributed by atoms with E-state index in [1.54, 1.807) is 0 Å². The van der Waals surface area contributed by atoms with Crippen molar-refractivity contribution in [2.24, 2.45) is 0 Å². The molecule has 2 aromatic rings. The molecule has 0 atom stereocenters. The van der Waals surface area contributed by atoms with E-state index in [0.29, 0.717) is 0 Å². The summed E-state index contributed by atoms with van der Waals surface area (Å²) < 4.78 is 2.19. The van der Waals surface area contributed by atoms with Crippen LogP contribution in [0.25, 0.3) is 0 Å². The predicted molar refractivity (Wildman–Crippen MR) is 83.4 cm³/mol. The van der Waals surface area contributed by atoms with Gasteiger partial charge in [0, 0.05) is 37.7 Å². The predicted octanol–water partition coefficient (Wildman–Crippen LogP) is 2.69. The molecule has 0 bridgehead atoms. The molecule has 4 nitrogen and oxygen atoms in total. The van der Waals surface area contributed by atoms with Crippen molar-refractivity contribution in [3.63, 3.8) is 0 Å². The SMILES string of the molecule is CCCN(CCn1ccnc1C)Cc1ccccc1N. The van der Waals surface area contributed by atoms with Gasteiger partial charge in [0.15, 0.2) is 0 Å². The lowest BCUT2D eigenvalue weighted by atomic mass is 10.1. The molecular formula is C16H24N4. The van der Waals surface area contributed by atoms with Gasteiger partial charge >= 0.3 is 0 Å². The number of hydrogen-bond donors (Lipinski definition) is 1. The second kappa shape index (κ2) is 7.10. The first kappa shape index (κ1) is 14.6. The lowest BCUT2D eigenvalue weighted by Gasteiger charge is -2.23. The largest absolute Gasteiger partial charge is 0.398 e. The van der Waals surface area contributed by atoms with E-state index in [1.165, 1.54) is 5.56 Å². The fourth-order valence-electron chi connectivity index (χ4n) is 2.39. The summed E-state index contributed by atoms with van der Waals surface area (Å²) in [5.74, 6) is 1.07. The van der Waals surface area contributed by atoms with Crippen LogP contribution in [0.5, 0.6) is 0 Å². The van der Waals surface area contributed by atoms with Crippen molar-refractivity contribution in [1.29, 1.82) is 0 Å². The maximum atomic E-state index is 6.04. The summed E-state index contributed by atoms with van der Waals surface area (Å²) in [6, 6.07) is 8.12. The molecular weight excluding hydrogens is 248 g/mol. The molecule has 0 saturated carbocycles. The summed E-state index contributed by atoms with van der Waals surface area (Å²) in [7, 11) is 0. The van der Waals surface area contributed by atoms with Crippen LogP contribution in [0, 0.1) is 6.92 Å².